The third-order valence-electron chi connectivity index (χ3n) is 3.60. The highest BCUT2D eigenvalue weighted by Crippen LogP contribution is 2.20. The molecule has 0 fully saturated rings. The van der Waals surface area contributed by atoms with Crippen molar-refractivity contribution in [1.29, 1.82) is 0 Å². The fourth-order valence-electron chi connectivity index (χ4n) is 2.35. The Morgan fingerprint density at radius 3 is 2.50 bits per heavy atom. The molecule has 0 spiro atoms. The lowest BCUT2D eigenvalue weighted by Gasteiger charge is -2.21. The second-order valence-corrected chi connectivity index (χ2v) is 7.95. The van der Waals surface area contributed by atoms with E-state index in [0.29, 0.717) is 22.9 Å². The molecule has 0 aliphatic rings. The molecule has 140 valence electrons. The first kappa shape index (κ1) is 20.2. The van der Waals surface area contributed by atoms with Gasteiger partial charge in [-0.25, -0.2) is 8.42 Å². The Balaban J connectivity index is 2.15. The Hall–Kier alpha value is -2.09. The Morgan fingerprint density at radius 2 is 1.88 bits per heavy atom. The third kappa shape index (κ3) is 5.20. The maximum absolute atomic E-state index is 12.8. The number of halogens is 1. The highest BCUT2D eigenvalue weighted by atomic mass is 35.5. The van der Waals surface area contributed by atoms with Gasteiger partial charge >= 0.3 is 0 Å². The first-order chi connectivity index (χ1) is 12.4. The van der Waals surface area contributed by atoms with Crippen LogP contribution in [-0.4, -0.2) is 38.8 Å². The Kier molecular flexibility index (Phi) is 7.02. The van der Waals surface area contributed by atoms with Gasteiger partial charge in [0, 0.05) is 23.3 Å². The van der Waals surface area contributed by atoms with Crippen LogP contribution in [0.4, 0.5) is 5.69 Å². The predicted octanol–water partition coefficient (Wildman–Crippen LogP) is 3.39. The molecular formula is C18H21ClN2O4S. The van der Waals surface area contributed by atoms with Crippen molar-refractivity contribution in [1.82, 2.24) is 4.31 Å². The molecule has 1 N–H and O–H groups in total. The third-order valence-corrected chi connectivity index (χ3v) is 5.71. The SMILES string of the molecule is CCCN(CC(=O)Nc1cccc(OC)c1)S(=O)(=O)c1ccc(Cl)cc1. The zero-order valence-corrected chi connectivity index (χ0v) is 16.2. The Morgan fingerprint density at radius 1 is 1.19 bits per heavy atom. The van der Waals surface area contributed by atoms with Crippen LogP contribution < -0.4 is 10.1 Å². The number of nitrogens with one attached hydrogen (secondary N) is 1. The van der Waals surface area contributed by atoms with E-state index in [0.717, 1.165) is 4.31 Å². The fraction of sp³-hybridized carbons (Fsp3) is 0.278. The van der Waals surface area contributed by atoms with E-state index in [1.165, 1.54) is 31.4 Å². The average Bonchev–Trinajstić information content (AvgIpc) is 2.62. The fourth-order valence-corrected chi connectivity index (χ4v) is 3.97. The molecule has 0 bridgehead atoms. The first-order valence-electron chi connectivity index (χ1n) is 8.06. The monoisotopic (exact) mass is 396 g/mol. The van der Waals surface area contributed by atoms with Crippen molar-refractivity contribution in [2.75, 3.05) is 25.5 Å². The van der Waals surface area contributed by atoms with E-state index in [2.05, 4.69) is 5.32 Å². The normalized spacial score (nSPS) is 11.4. The number of methoxy groups -OCH3 is 1. The molecule has 0 saturated carbocycles. The molecule has 0 heterocycles. The number of rotatable bonds is 8. The summed E-state index contributed by atoms with van der Waals surface area (Å²) in [5, 5.41) is 3.14. The highest BCUT2D eigenvalue weighted by molar-refractivity contribution is 7.89. The number of benzene rings is 2. The summed E-state index contributed by atoms with van der Waals surface area (Å²) in [7, 11) is -2.26. The minimum Gasteiger partial charge on any atom is -0.497 e. The zero-order valence-electron chi connectivity index (χ0n) is 14.6. The van der Waals surface area contributed by atoms with E-state index in [1.807, 2.05) is 6.92 Å². The molecule has 8 heteroatoms. The van der Waals surface area contributed by atoms with Gasteiger partial charge in [0.2, 0.25) is 15.9 Å². The molecule has 2 aromatic rings. The summed E-state index contributed by atoms with van der Waals surface area (Å²) >= 11 is 5.82. The van der Waals surface area contributed by atoms with Gasteiger partial charge in [-0.1, -0.05) is 24.6 Å². The van der Waals surface area contributed by atoms with Gasteiger partial charge in [0.05, 0.1) is 18.6 Å². The van der Waals surface area contributed by atoms with Gasteiger partial charge in [-0.3, -0.25) is 4.79 Å². The van der Waals surface area contributed by atoms with Crippen LogP contribution >= 0.6 is 11.6 Å². The van der Waals surface area contributed by atoms with Crippen LogP contribution in [0, 0.1) is 0 Å². The summed E-state index contributed by atoms with van der Waals surface area (Å²) in [6.45, 7) is 1.80. The standard InChI is InChI=1S/C18H21ClN2O4S/c1-3-11-21(26(23,24)17-9-7-14(19)8-10-17)13-18(22)20-15-5-4-6-16(12-15)25-2/h4-10,12H,3,11,13H2,1-2H3,(H,20,22). The van der Waals surface area contributed by atoms with Crippen LogP contribution in [0.1, 0.15) is 13.3 Å². The van der Waals surface area contributed by atoms with Crippen molar-refractivity contribution < 1.29 is 17.9 Å². The molecule has 6 nitrogen and oxygen atoms in total. The van der Waals surface area contributed by atoms with Gasteiger partial charge in [-0.05, 0) is 42.8 Å². The minimum absolute atomic E-state index is 0.101. The molecule has 0 saturated heterocycles. The predicted molar refractivity (Wildman–Crippen MR) is 102 cm³/mol. The van der Waals surface area contributed by atoms with E-state index in [-0.39, 0.29) is 18.0 Å². The lowest BCUT2D eigenvalue weighted by Crippen LogP contribution is -2.38. The van der Waals surface area contributed by atoms with Gasteiger partial charge in [-0.15, -0.1) is 0 Å². The van der Waals surface area contributed by atoms with Crippen LogP contribution in [-0.2, 0) is 14.8 Å². The van der Waals surface area contributed by atoms with Crippen LogP contribution in [0.25, 0.3) is 0 Å². The van der Waals surface area contributed by atoms with E-state index in [9.17, 15) is 13.2 Å². The molecule has 2 aromatic carbocycles. The summed E-state index contributed by atoms with van der Waals surface area (Å²) in [5.41, 5.74) is 0.537. The largest absolute Gasteiger partial charge is 0.497 e. The maximum Gasteiger partial charge on any atom is 0.243 e. The van der Waals surface area contributed by atoms with Gasteiger partial charge in [0.1, 0.15) is 5.75 Å². The van der Waals surface area contributed by atoms with Crippen LogP contribution in [0.15, 0.2) is 53.4 Å². The zero-order chi connectivity index (χ0) is 19.2. The van der Waals surface area contributed by atoms with E-state index < -0.39 is 15.9 Å². The van der Waals surface area contributed by atoms with Gasteiger partial charge < -0.3 is 10.1 Å². The number of carbonyl (C=O) groups excluding carboxylic acids is 1. The second-order valence-electron chi connectivity index (χ2n) is 5.57. The van der Waals surface area contributed by atoms with Crippen LogP contribution in [0.5, 0.6) is 5.75 Å². The molecule has 0 aromatic heterocycles. The molecule has 2 rings (SSSR count). The summed E-state index contributed by atoms with van der Waals surface area (Å²) in [5.74, 6) is 0.172. The number of nitrogens with zero attached hydrogens (tertiary/aromatic N) is 1. The van der Waals surface area contributed by atoms with E-state index in [1.54, 1.807) is 24.3 Å². The summed E-state index contributed by atoms with van der Waals surface area (Å²) in [6.07, 6.45) is 0.583. The number of ether oxygens (including phenoxy) is 1. The lowest BCUT2D eigenvalue weighted by atomic mass is 10.3. The van der Waals surface area contributed by atoms with Crippen molar-refractivity contribution in [3.05, 3.63) is 53.6 Å². The maximum atomic E-state index is 12.8. The van der Waals surface area contributed by atoms with E-state index in [4.69, 9.17) is 16.3 Å². The van der Waals surface area contributed by atoms with Crippen molar-refractivity contribution >= 4 is 33.2 Å². The van der Waals surface area contributed by atoms with Crippen LogP contribution in [0.2, 0.25) is 5.02 Å². The van der Waals surface area contributed by atoms with Crippen molar-refractivity contribution in [2.45, 2.75) is 18.2 Å². The number of amides is 1. The summed E-state index contributed by atoms with van der Waals surface area (Å²) in [6, 6.07) is 12.7. The molecule has 0 aliphatic carbocycles. The highest BCUT2D eigenvalue weighted by Gasteiger charge is 2.26. The molecule has 0 radical (unpaired) electrons. The molecule has 1 amide bonds. The van der Waals surface area contributed by atoms with Gasteiger partial charge in [-0.2, -0.15) is 4.31 Å². The summed E-state index contributed by atoms with van der Waals surface area (Å²) < 4.78 is 31.9. The Labute approximate surface area is 158 Å². The Bertz CT molecular complexity index is 854. The van der Waals surface area contributed by atoms with Gasteiger partial charge in [0.15, 0.2) is 0 Å². The molecule has 0 unspecified atom stereocenters. The number of anilines is 1. The van der Waals surface area contributed by atoms with Crippen molar-refractivity contribution in [2.24, 2.45) is 0 Å². The van der Waals surface area contributed by atoms with Crippen molar-refractivity contribution in [3.63, 3.8) is 0 Å². The quantitative estimate of drug-likeness (QED) is 0.742. The topological polar surface area (TPSA) is 75.7 Å². The van der Waals surface area contributed by atoms with Crippen LogP contribution in [0.3, 0.4) is 0 Å². The molecule has 0 aliphatic heterocycles. The second kappa shape index (κ2) is 9.02. The smallest absolute Gasteiger partial charge is 0.243 e. The molecule has 0 atom stereocenters. The number of sulfonamides is 1. The first-order valence-corrected chi connectivity index (χ1v) is 9.88. The van der Waals surface area contributed by atoms with E-state index >= 15 is 0 Å². The molecule has 26 heavy (non-hydrogen) atoms. The number of hydrogen-bond acceptors (Lipinski definition) is 4. The lowest BCUT2D eigenvalue weighted by molar-refractivity contribution is -0.116. The summed E-state index contributed by atoms with van der Waals surface area (Å²) in [4.78, 5) is 12.5. The van der Waals surface area contributed by atoms with Gasteiger partial charge in [0.25, 0.3) is 0 Å². The number of carbonyl (C=O) groups is 1. The number of hydrogen-bond donors (Lipinski definition) is 1. The molecular weight excluding hydrogens is 376 g/mol. The average molecular weight is 397 g/mol. The minimum atomic E-state index is -3.79. The van der Waals surface area contributed by atoms with Crippen molar-refractivity contribution in [3.8, 4) is 5.75 Å².